The Morgan fingerprint density at radius 3 is 2.91 bits per heavy atom. The molecule has 0 radical (unpaired) electrons. The summed E-state index contributed by atoms with van der Waals surface area (Å²) in [4.78, 5) is 12.2. The van der Waals surface area contributed by atoms with Gasteiger partial charge in [-0.15, -0.1) is 0 Å². The van der Waals surface area contributed by atoms with Gasteiger partial charge in [0.2, 0.25) is 0 Å². The van der Waals surface area contributed by atoms with Gasteiger partial charge in [0.15, 0.2) is 5.82 Å². The van der Waals surface area contributed by atoms with Crippen molar-refractivity contribution in [3.05, 3.63) is 47.6 Å². The summed E-state index contributed by atoms with van der Waals surface area (Å²) in [6.07, 6.45) is 7.52. The first kappa shape index (κ1) is 14.1. The Hall–Kier alpha value is -2.88. The average molecular weight is 296 g/mol. The molecule has 22 heavy (non-hydrogen) atoms. The number of nitriles is 1. The van der Waals surface area contributed by atoms with Crippen molar-refractivity contribution < 1.29 is 4.39 Å². The molecular weight excluding hydrogens is 283 g/mol. The largest absolute Gasteiger partial charge is 0.267 e. The smallest absolute Gasteiger partial charge is 0.164 e. The van der Waals surface area contributed by atoms with E-state index in [0.717, 1.165) is 43.1 Å². The fourth-order valence-electron chi connectivity index (χ4n) is 2.43. The molecule has 0 aromatic carbocycles. The number of aromatic nitrogens is 5. The predicted molar refractivity (Wildman–Crippen MR) is 76.4 cm³/mol. The molecule has 0 saturated heterocycles. The summed E-state index contributed by atoms with van der Waals surface area (Å²) in [6.45, 7) is 0. The fraction of sp³-hybridized carbons (Fsp3) is 0.267. The zero-order chi connectivity index (χ0) is 15.4. The van der Waals surface area contributed by atoms with Gasteiger partial charge in [-0.25, -0.2) is 14.4 Å². The van der Waals surface area contributed by atoms with E-state index in [9.17, 15) is 9.65 Å². The summed E-state index contributed by atoms with van der Waals surface area (Å²) in [6, 6.07) is 3.39. The van der Waals surface area contributed by atoms with Crippen molar-refractivity contribution >= 4 is 0 Å². The van der Waals surface area contributed by atoms with E-state index in [0.29, 0.717) is 5.56 Å². The van der Waals surface area contributed by atoms with Crippen LogP contribution >= 0.6 is 0 Å². The van der Waals surface area contributed by atoms with Crippen LogP contribution in [0.25, 0.3) is 11.4 Å². The van der Waals surface area contributed by atoms with Crippen LogP contribution in [0.1, 0.15) is 29.8 Å². The van der Waals surface area contributed by atoms with Gasteiger partial charge in [0.1, 0.15) is 23.9 Å². The third-order valence-corrected chi connectivity index (χ3v) is 3.46. The molecule has 0 aliphatic heterocycles. The lowest BCUT2D eigenvalue weighted by molar-refractivity contribution is 0.622. The van der Waals surface area contributed by atoms with Crippen LogP contribution in [0.3, 0.4) is 0 Å². The molecule has 0 saturated carbocycles. The van der Waals surface area contributed by atoms with Crippen molar-refractivity contribution in [2.45, 2.75) is 25.7 Å². The first-order valence-corrected chi connectivity index (χ1v) is 6.96. The van der Waals surface area contributed by atoms with Gasteiger partial charge in [-0.3, -0.25) is 10.1 Å². The van der Waals surface area contributed by atoms with Crippen LogP contribution in [0.4, 0.5) is 4.39 Å². The van der Waals surface area contributed by atoms with E-state index in [1.54, 1.807) is 0 Å². The number of pyridine rings is 1. The Bertz CT molecular complexity index is 791. The van der Waals surface area contributed by atoms with Gasteiger partial charge < -0.3 is 0 Å². The quantitative estimate of drug-likeness (QED) is 0.871. The summed E-state index contributed by atoms with van der Waals surface area (Å²) in [5.41, 5.74) is 2.34. The standard InChI is InChI=1S/C15H13FN6/c16-11-5-10(7-18-8-11)15-19-9-20-22-13-4-2-1-3-12(13)14(6-17)21-15/h5,7-9H,1-4H2,(H,19,20,21). The first-order chi connectivity index (χ1) is 10.8. The number of fused-ring (bicyclic) bond motifs is 1. The second kappa shape index (κ2) is 6.26. The van der Waals surface area contributed by atoms with Crippen LogP contribution in [0.15, 0.2) is 24.8 Å². The van der Waals surface area contributed by atoms with E-state index >= 15 is 0 Å². The molecule has 0 amide bonds. The summed E-state index contributed by atoms with van der Waals surface area (Å²) < 4.78 is 13.3. The first-order valence-electron chi connectivity index (χ1n) is 6.96. The zero-order valence-corrected chi connectivity index (χ0v) is 11.8. The van der Waals surface area contributed by atoms with Gasteiger partial charge in [0.25, 0.3) is 0 Å². The lowest BCUT2D eigenvalue weighted by Crippen LogP contribution is -2.07. The van der Waals surface area contributed by atoms with E-state index in [4.69, 9.17) is 0 Å². The summed E-state index contributed by atoms with van der Waals surface area (Å²) >= 11 is 0. The van der Waals surface area contributed by atoms with Crippen molar-refractivity contribution in [2.24, 2.45) is 0 Å². The molecule has 7 heteroatoms. The highest BCUT2D eigenvalue weighted by atomic mass is 19.1. The van der Waals surface area contributed by atoms with Crippen molar-refractivity contribution in [2.75, 3.05) is 0 Å². The van der Waals surface area contributed by atoms with Crippen LogP contribution < -0.4 is 0 Å². The van der Waals surface area contributed by atoms with E-state index in [-0.39, 0.29) is 11.5 Å². The molecule has 0 spiro atoms. The van der Waals surface area contributed by atoms with Crippen LogP contribution in [-0.2, 0) is 12.8 Å². The molecule has 0 unspecified atom stereocenters. The van der Waals surface area contributed by atoms with Crippen molar-refractivity contribution in [3.8, 4) is 17.5 Å². The number of hydrogen-bond acceptors (Lipinski definition) is 5. The maximum Gasteiger partial charge on any atom is 0.164 e. The lowest BCUT2D eigenvalue weighted by Gasteiger charge is -2.11. The molecule has 2 heterocycles. The molecule has 0 bridgehead atoms. The van der Waals surface area contributed by atoms with E-state index in [2.05, 4.69) is 31.2 Å². The highest BCUT2D eigenvalue weighted by molar-refractivity contribution is 5.53. The summed E-state index contributed by atoms with van der Waals surface area (Å²) in [5, 5.41) is 16.4. The van der Waals surface area contributed by atoms with Crippen LogP contribution in [0.2, 0.25) is 0 Å². The highest BCUT2D eigenvalue weighted by Gasteiger charge is 2.15. The Balaban J connectivity index is 2.25. The maximum absolute atomic E-state index is 13.3. The number of H-pyrrole nitrogens is 1. The molecule has 1 N–H and O–H groups in total. The second-order valence-electron chi connectivity index (χ2n) is 4.92. The highest BCUT2D eigenvalue weighted by Crippen LogP contribution is 2.21. The molecule has 2 aromatic heterocycles. The Morgan fingerprint density at radius 1 is 1.23 bits per heavy atom. The Morgan fingerprint density at radius 2 is 2.09 bits per heavy atom. The minimum Gasteiger partial charge on any atom is -0.267 e. The fourth-order valence-corrected chi connectivity index (χ4v) is 2.43. The molecule has 3 rings (SSSR count). The van der Waals surface area contributed by atoms with Gasteiger partial charge in [-0.2, -0.15) is 10.4 Å². The minimum absolute atomic E-state index is 0.227. The van der Waals surface area contributed by atoms with E-state index < -0.39 is 5.82 Å². The molecule has 110 valence electrons. The van der Waals surface area contributed by atoms with Crippen LogP contribution in [-0.4, -0.2) is 25.1 Å². The van der Waals surface area contributed by atoms with Crippen LogP contribution in [0.5, 0.6) is 0 Å². The SMILES string of the molecule is N#Cc1nc(-c2cncc(F)c2)nc[nH]nc2c1CCCC2. The molecule has 2 aromatic rings. The number of aryl methyl sites for hydroxylation is 1. The average Bonchev–Trinajstić information content (AvgIpc) is 2.63. The normalized spacial score (nSPS) is 12.9. The molecule has 0 fully saturated rings. The van der Waals surface area contributed by atoms with Crippen LogP contribution in [0, 0.1) is 17.1 Å². The third kappa shape index (κ3) is 2.91. The lowest BCUT2D eigenvalue weighted by atomic mass is 9.95. The number of nitrogens with one attached hydrogen (secondary N) is 1. The summed E-state index contributed by atoms with van der Waals surface area (Å²) in [7, 11) is 0. The minimum atomic E-state index is -0.482. The van der Waals surface area contributed by atoms with Gasteiger partial charge in [-0.05, 0) is 31.7 Å². The van der Waals surface area contributed by atoms with Gasteiger partial charge in [0, 0.05) is 17.3 Å². The van der Waals surface area contributed by atoms with Gasteiger partial charge in [0.05, 0.1) is 11.9 Å². The number of rotatable bonds is 1. The topological polar surface area (TPSA) is 91.1 Å². The summed E-state index contributed by atoms with van der Waals surface area (Å²) in [5.74, 6) is -0.255. The Labute approximate surface area is 126 Å². The second-order valence-corrected chi connectivity index (χ2v) is 4.92. The predicted octanol–water partition coefficient (Wildman–Crippen LogP) is 2.28. The molecule has 6 nitrogen and oxygen atoms in total. The third-order valence-electron chi connectivity index (χ3n) is 3.46. The van der Waals surface area contributed by atoms with Gasteiger partial charge >= 0.3 is 0 Å². The molecule has 1 aliphatic carbocycles. The number of nitrogens with zero attached hydrogens (tertiary/aromatic N) is 5. The monoisotopic (exact) mass is 296 g/mol. The molecule has 0 atom stereocenters. The number of aromatic amines is 1. The molecular formula is C15H13FN6. The maximum atomic E-state index is 13.3. The zero-order valence-electron chi connectivity index (χ0n) is 11.8. The van der Waals surface area contributed by atoms with Crippen molar-refractivity contribution in [3.63, 3.8) is 0 Å². The van der Waals surface area contributed by atoms with Crippen molar-refractivity contribution in [1.29, 1.82) is 5.26 Å². The van der Waals surface area contributed by atoms with E-state index in [1.165, 1.54) is 18.6 Å². The molecule has 1 aliphatic rings. The Kier molecular flexibility index (Phi) is 4.01. The number of halogens is 1. The van der Waals surface area contributed by atoms with Crippen molar-refractivity contribution in [1.82, 2.24) is 25.1 Å². The van der Waals surface area contributed by atoms with Gasteiger partial charge in [-0.1, -0.05) is 0 Å². The number of hydrogen-bond donors (Lipinski definition) is 1. The van der Waals surface area contributed by atoms with E-state index in [1.807, 2.05) is 0 Å².